The number of hydrogen-bond donors (Lipinski definition) is 1. The Balaban J connectivity index is 1.70. The third kappa shape index (κ3) is 5.18. The summed E-state index contributed by atoms with van der Waals surface area (Å²) >= 11 is 0. The van der Waals surface area contributed by atoms with Crippen molar-refractivity contribution in [3.8, 4) is 0 Å². The van der Waals surface area contributed by atoms with Gasteiger partial charge in [0.2, 0.25) is 5.91 Å². The van der Waals surface area contributed by atoms with Crippen molar-refractivity contribution in [2.75, 3.05) is 0 Å². The first-order valence-corrected chi connectivity index (χ1v) is 8.28. The van der Waals surface area contributed by atoms with Crippen LogP contribution in [0.1, 0.15) is 58.4 Å². The maximum absolute atomic E-state index is 12.1. The van der Waals surface area contributed by atoms with Crippen LogP contribution in [0.25, 0.3) is 0 Å². The molecule has 0 bridgehead atoms. The van der Waals surface area contributed by atoms with Gasteiger partial charge in [-0.2, -0.15) is 0 Å². The molecule has 0 saturated heterocycles. The molecule has 0 atom stereocenters. The van der Waals surface area contributed by atoms with Crippen LogP contribution in [-0.4, -0.2) is 11.9 Å². The van der Waals surface area contributed by atoms with E-state index < -0.39 is 0 Å². The molecule has 2 rings (SSSR count). The van der Waals surface area contributed by atoms with Crippen LogP contribution in [0.3, 0.4) is 0 Å². The van der Waals surface area contributed by atoms with E-state index in [1.807, 2.05) is 18.2 Å². The second-order valence-electron chi connectivity index (χ2n) is 7.47. The molecule has 0 aromatic heterocycles. The average Bonchev–Trinajstić information content (AvgIpc) is 2.46. The first-order valence-electron chi connectivity index (χ1n) is 8.28. The number of aryl methyl sites for hydroxylation is 1. The number of nitrogens with one attached hydrogen (secondary N) is 1. The van der Waals surface area contributed by atoms with Gasteiger partial charge in [0.1, 0.15) is 0 Å². The summed E-state index contributed by atoms with van der Waals surface area (Å²) in [6.07, 6.45) is 6.20. The molecule has 0 spiro atoms. The molecular weight excluding hydrogens is 258 g/mol. The van der Waals surface area contributed by atoms with Crippen molar-refractivity contribution in [2.24, 2.45) is 11.3 Å². The first kappa shape index (κ1) is 16.1. The Hall–Kier alpha value is -1.31. The largest absolute Gasteiger partial charge is 0.353 e. The van der Waals surface area contributed by atoms with E-state index in [1.165, 1.54) is 18.4 Å². The fourth-order valence-corrected chi connectivity index (χ4v) is 3.31. The van der Waals surface area contributed by atoms with Crippen LogP contribution in [0.4, 0.5) is 0 Å². The number of hydrogen-bond acceptors (Lipinski definition) is 1. The minimum Gasteiger partial charge on any atom is -0.353 e. The number of carbonyl (C=O) groups excluding carboxylic acids is 1. The van der Waals surface area contributed by atoms with E-state index in [0.717, 1.165) is 25.2 Å². The summed E-state index contributed by atoms with van der Waals surface area (Å²) in [7, 11) is 0. The summed E-state index contributed by atoms with van der Waals surface area (Å²) in [5.41, 5.74) is 1.64. The van der Waals surface area contributed by atoms with Gasteiger partial charge in [0.05, 0.1) is 0 Å². The Morgan fingerprint density at radius 2 is 1.71 bits per heavy atom. The molecule has 0 heterocycles. The summed E-state index contributed by atoms with van der Waals surface area (Å²) in [6, 6.07) is 10.6. The van der Waals surface area contributed by atoms with Gasteiger partial charge in [0.25, 0.3) is 0 Å². The van der Waals surface area contributed by atoms with Crippen molar-refractivity contribution in [1.29, 1.82) is 0 Å². The lowest BCUT2D eigenvalue weighted by Crippen LogP contribution is -2.39. The molecule has 2 nitrogen and oxygen atoms in total. The standard InChI is InChI=1S/C19H29NO/c1-19(2,3)16-10-12-17(13-11-16)20-18(21)14-9-15-7-5-4-6-8-15/h4-8,16-17H,9-14H2,1-3H3,(H,20,21). The Bertz CT molecular complexity index is 438. The molecule has 1 aliphatic rings. The topological polar surface area (TPSA) is 29.1 Å². The normalized spacial score (nSPS) is 22.8. The Labute approximate surface area is 129 Å². The highest BCUT2D eigenvalue weighted by molar-refractivity contribution is 5.76. The van der Waals surface area contributed by atoms with Crippen LogP contribution in [0.2, 0.25) is 0 Å². The van der Waals surface area contributed by atoms with Gasteiger partial charge >= 0.3 is 0 Å². The number of rotatable bonds is 4. The van der Waals surface area contributed by atoms with Gasteiger partial charge in [0, 0.05) is 12.5 Å². The second-order valence-corrected chi connectivity index (χ2v) is 7.47. The molecule has 1 saturated carbocycles. The predicted molar refractivity (Wildman–Crippen MR) is 88.1 cm³/mol. The Morgan fingerprint density at radius 1 is 1.10 bits per heavy atom. The van der Waals surface area contributed by atoms with Gasteiger partial charge in [-0.25, -0.2) is 0 Å². The molecule has 0 unspecified atom stereocenters. The SMILES string of the molecule is CC(C)(C)C1CCC(NC(=O)CCc2ccccc2)CC1. The van der Waals surface area contributed by atoms with Crippen LogP contribution in [-0.2, 0) is 11.2 Å². The van der Waals surface area contributed by atoms with Crippen molar-refractivity contribution in [1.82, 2.24) is 5.32 Å². The molecule has 0 aliphatic heterocycles. The van der Waals surface area contributed by atoms with Crippen LogP contribution in [0.5, 0.6) is 0 Å². The van der Waals surface area contributed by atoms with E-state index in [0.29, 0.717) is 17.9 Å². The van der Waals surface area contributed by atoms with Gasteiger partial charge in [-0.3, -0.25) is 4.79 Å². The molecule has 21 heavy (non-hydrogen) atoms. The smallest absolute Gasteiger partial charge is 0.220 e. The Morgan fingerprint density at radius 3 is 2.29 bits per heavy atom. The van der Waals surface area contributed by atoms with Crippen molar-refractivity contribution in [3.05, 3.63) is 35.9 Å². The minimum absolute atomic E-state index is 0.207. The van der Waals surface area contributed by atoms with Crippen LogP contribution >= 0.6 is 0 Å². The van der Waals surface area contributed by atoms with E-state index in [2.05, 4.69) is 38.2 Å². The molecule has 116 valence electrons. The fraction of sp³-hybridized carbons (Fsp3) is 0.632. The maximum Gasteiger partial charge on any atom is 0.220 e. The van der Waals surface area contributed by atoms with E-state index >= 15 is 0 Å². The monoisotopic (exact) mass is 287 g/mol. The lowest BCUT2D eigenvalue weighted by molar-refractivity contribution is -0.122. The van der Waals surface area contributed by atoms with Crippen LogP contribution in [0, 0.1) is 11.3 Å². The number of benzene rings is 1. The summed E-state index contributed by atoms with van der Waals surface area (Å²) in [5, 5.41) is 3.22. The highest BCUT2D eigenvalue weighted by atomic mass is 16.1. The zero-order chi connectivity index (χ0) is 15.3. The Kier molecular flexibility index (Phi) is 5.44. The van der Waals surface area contributed by atoms with Crippen molar-refractivity contribution < 1.29 is 4.79 Å². The molecule has 1 aliphatic carbocycles. The third-order valence-electron chi connectivity index (χ3n) is 4.80. The zero-order valence-electron chi connectivity index (χ0n) is 13.7. The summed E-state index contributed by atoms with van der Waals surface area (Å²) < 4.78 is 0. The lowest BCUT2D eigenvalue weighted by atomic mass is 9.71. The molecule has 1 aromatic rings. The van der Waals surface area contributed by atoms with Crippen molar-refractivity contribution >= 4 is 5.91 Å². The van der Waals surface area contributed by atoms with E-state index in [1.54, 1.807) is 0 Å². The molecule has 1 N–H and O–H groups in total. The quantitative estimate of drug-likeness (QED) is 0.877. The maximum atomic E-state index is 12.1. The highest BCUT2D eigenvalue weighted by Crippen LogP contribution is 2.37. The second kappa shape index (κ2) is 7.11. The van der Waals surface area contributed by atoms with Crippen LogP contribution in [0.15, 0.2) is 30.3 Å². The highest BCUT2D eigenvalue weighted by Gasteiger charge is 2.29. The molecule has 2 heteroatoms. The lowest BCUT2D eigenvalue weighted by Gasteiger charge is -2.37. The van der Waals surface area contributed by atoms with E-state index in [4.69, 9.17) is 0 Å². The third-order valence-corrected chi connectivity index (χ3v) is 4.80. The summed E-state index contributed by atoms with van der Waals surface area (Å²) in [5.74, 6) is 1.01. The number of carbonyl (C=O) groups is 1. The van der Waals surface area contributed by atoms with Gasteiger partial charge in [-0.15, -0.1) is 0 Å². The van der Waals surface area contributed by atoms with E-state index in [-0.39, 0.29) is 5.91 Å². The van der Waals surface area contributed by atoms with E-state index in [9.17, 15) is 4.79 Å². The first-order chi connectivity index (χ1) is 9.95. The van der Waals surface area contributed by atoms with Gasteiger partial charge in [-0.05, 0) is 49.0 Å². The fourth-order valence-electron chi connectivity index (χ4n) is 3.31. The van der Waals surface area contributed by atoms with Gasteiger partial charge in [-0.1, -0.05) is 51.1 Å². The average molecular weight is 287 g/mol. The van der Waals surface area contributed by atoms with Gasteiger partial charge < -0.3 is 5.32 Å². The molecule has 0 radical (unpaired) electrons. The number of amides is 1. The summed E-state index contributed by atoms with van der Waals surface area (Å²) in [4.78, 5) is 12.1. The zero-order valence-corrected chi connectivity index (χ0v) is 13.7. The predicted octanol–water partition coefficient (Wildman–Crippen LogP) is 4.34. The summed E-state index contributed by atoms with van der Waals surface area (Å²) in [6.45, 7) is 6.99. The molecule has 1 fully saturated rings. The van der Waals surface area contributed by atoms with Crippen molar-refractivity contribution in [3.63, 3.8) is 0 Å². The van der Waals surface area contributed by atoms with Crippen LogP contribution < -0.4 is 5.32 Å². The molecule has 1 amide bonds. The molecular formula is C19H29NO. The van der Waals surface area contributed by atoms with Gasteiger partial charge in [0.15, 0.2) is 0 Å². The minimum atomic E-state index is 0.207. The van der Waals surface area contributed by atoms with Crippen molar-refractivity contribution in [2.45, 2.75) is 65.3 Å². The molecule has 1 aromatic carbocycles.